The fourth-order valence-corrected chi connectivity index (χ4v) is 1.36. The summed E-state index contributed by atoms with van der Waals surface area (Å²) in [4.78, 5) is 0. The summed E-state index contributed by atoms with van der Waals surface area (Å²) in [6.45, 7) is 3.89. The molecule has 4 heteroatoms. The lowest BCUT2D eigenvalue weighted by atomic mass is 10.1. The van der Waals surface area contributed by atoms with Gasteiger partial charge in [0.2, 0.25) is 0 Å². The van der Waals surface area contributed by atoms with E-state index in [2.05, 4.69) is 79.7 Å². The first-order valence-corrected chi connectivity index (χ1v) is 6.25. The van der Waals surface area contributed by atoms with E-state index < -0.39 is 0 Å². The van der Waals surface area contributed by atoms with Gasteiger partial charge in [0.25, 0.3) is 0 Å². The molecule has 1 rings (SSSR count). The second-order valence-electron chi connectivity index (χ2n) is 2.79. The van der Waals surface area contributed by atoms with Gasteiger partial charge in [0.15, 0.2) is 0 Å². The molecule has 0 amide bonds. The predicted octanol–water partition coefficient (Wildman–Crippen LogP) is 3.87. The third-order valence-corrected chi connectivity index (χ3v) is 2.53. The fraction of sp³-hybridized carbons (Fsp3) is 0.200. The third-order valence-electron chi connectivity index (χ3n) is 1.60. The monoisotopic (exact) mass is 412 g/mol. The quantitative estimate of drug-likeness (QED) is 0.401. The summed E-state index contributed by atoms with van der Waals surface area (Å²) in [5.74, 6) is 0. The highest BCUT2D eigenvalue weighted by atomic mass is 127. The first-order valence-electron chi connectivity index (χ1n) is 4.10. The maximum Gasteiger partial charge on any atom is 0.0979 e. The molecule has 1 aromatic carbocycles. The van der Waals surface area contributed by atoms with Crippen LogP contribution < -0.4 is 0 Å². The van der Waals surface area contributed by atoms with E-state index in [0.717, 1.165) is 15.0 Å². The van der Waals surface area contributed by atoms with Gasteiger partial charge in [0, 0.05) is 3.57 Å². The van der Waals surface area contributed by atoms with Crippen molar-refractivity contribution in [3.05, 3.63) is 33.4 Å². The van der Waals surface area contributed by atoms with Gasteiger partial charge >= 0.3 is 0 Å². The van der Waals surface area contributed by atoms with Crippen molar-refractivity contribution in [3.8, 4) is 0 Å². The summed E-state index contributed by atoms with van der Waals surface area (Å²) in [7, 11) is 0. The Hall–Kier alpha value is 0.0200. The van der Waals surface area contributed by atoms with Gasteiger partial charge in [-0.2, -0.15) is 5.10 Å². The Balaban J connectivity index is 2.89. The molecule has 14 heavy (non-hydrogen) atoms. The molecule has 0 saturated carbocycles. The molecule has 0 aliphatic rings. The largest absolute Gasteiger partial charge is 0.155 e. The molecule has 74 valence electrons. The molecular weight excluding hydrogens is 402 g/mol. The van der Waals surface area contributed by atoms with Crippen molar-refractivity contribution in [1.29, 1.82) is 0 Å². The summed E-state index contributed by atoms with van der Waals surface area (Å²) in [5, 5.41) is 8.13. The van der Waals surface area contributed by atoms with Crippen molar-refractivity contribution in [2.75, 3.05) is 0 Å². The molecule has 0 fully saturated rings. The molecule has 0 aromatic heterocycles. The van der Waals surface area contributed by atoms with Crippen LogP contribution in [0.1, 0.15) is 19.4 Å². The molecule has 0 heterocycles. The SMILES string of the molecule is C/C(I)=N\N=C(/C)c1ccc(I)cc1. The summed E-state index contributed by atoms with van der Waals surface area (Å²) in [6, 6.07) is 8.24. The standard InChI is InChI=1S/C10H10I2N2/c1-7(13-14-8(2)11)9-3-5-10(12)6-4-9/h3-6H,1-2H3/b13-7+,14-8+. The van der Waals surface area contributed by atoms with Crippen LogP contribution in [0.2, 0.25) is 0 Å². The Morgan fingerprint density at radius 3 is 2.14 bits per heavy atom. The van der Waals surface area contributed by atoms with Gasteiger partial charge in [-0.25, -0.2) is 0 Å². The fourth-order valence-electron chi connectivity index (χ4n) is 0.893. The zero-order chi connectivity index (χ0) is 10.6. The normalized spacial score (nSPS) is 13.1. The molecule has 0 aliphatic carbocycles. The van der Waals surface area contributed by atoms with Crippen molar-refractivity contribution >= 4 is 54.6 Å². The van der Waals surface area contributed by atoms with Gasteiger partial charge in [-0.1, -0.05) is 12.1 Å². The molecule has 0 saturated heterocycles. The van der Waals surface area contributed by atoms with Crippen molar-refractivity contribution in [2.45, 2.75) is 13.8 Å². The van der Waals surface area contributed by atoms with E-state index in [4.69, 9.17) is 0 Å². The molecule has 0 aliphatic heterocycles. The van der Waals surface area contributed by atoms with Gasteiger partial charge < -0.3 is 0 Å². The molecule has 1 aromatic rings. The summed E-state index contributed by atoms with van der Waals surface area (Å²) >= 11 is 4.43. The van der Waals surface area contributed by atoms with Crippen LogP contribution in [0.25, 0.3) is 0 Å². The Labute approximate surface area is 111 Å². The number of hydrogen-bond donors (Lipinski definition) is 0. The summed E-state index contributed by atoms with van der Waals surface area (Å²) in [6.07, 6.45) is 0. The second-order valence-corrected chi connectivity index (χ2v) is 5.60. The minimum absolute atomic E-state index is 0.937. The zero-order valence-corrected chi connectivity index (χ0v) is 12.3. The zero-order valence-electron chi connectivity index (χ0n) is 7.96. The van der Waals surface area contributed by atoms with Gasteiger partial charge in [-0.05, 0) is 76.7 Å². The highest BCUT2D eigenvalue weighted by Crippen LogP contribution is 2.08. The van der Waals surface area contributed by atoms with Crippen molar-refractivity contribution in [2.24, 2.45) is 10.2 Å². The minimum Gasteiger partial charge on any atom is -0.155 e. The molecule has 2 nitrogen and oxygen atoms in total. The highest BCUT2D eigenvalue weighted by molar-refractivity contribution is 14.1. The van der Waals surface area contributed by atoms with Gasteiger partial charge in [0.1, 0.15) is 0 Å². The lowest BCUT2D eigenvalue weighted by molar-refractivity contribution is 1.23. The van der Waals surface area contributed by atoms with Gasteiger partial charge in [-0.3, -0.25) is 0 Å². The van der Waals surface area contributed by atoms with Crippen LogP contribution in [-0.4, -0.2) is 9.43 Å². The number of hydrogen-bond acceptors (Lipinski definition) is 2. The lowest BCUT2D eigenvalue weighted by Gasteiger charge is -1.98. The van der Waals surface area contributed by atoms with Gasteiger partial charge in [0.05, 0.1) is 9.43 Å². The molecule has 0 spiro atoms. The Morgan fingerprint density at radius 1 is 1.07 bits per heavy atom. The topological polar surface area (TPSA) is 24.7 Å². The average molecular weight is 412 g/mol. The maximum atomic E-state index is 4.12. The number of nitrogens with zero attached hydrogens (tertiary/aromatic N) is 2. The Bertz CT molecular complexity index is 362. The van der Waals surface area contributed by atoms with Gasteiger partial charge in [-0.15, -0.1) is 5.10 Å². The number of benzene rings is 1. The van der Waals surface area contributed by atoms with E-state index in [1.807, 2.05) is 13.8 Å². The number of halogens is 2. The van der Waals surface area contributed by atoms with E-state index in [0.29, 0.717) is 0 Å². The molecule has 0 bridgehead atoms. The van der Waals surface area contributed by atoms with Crippen LogP contribution in [0.4, 0.5) is 0 Å². The van der Waals surface area contributed by atoms with Crippen molar-refractivity contribution in [1.82, 2.24) is 0 Å². The Morgan fingerprint density at radius 2 is 1.64 bits per heavy atom. The maximum absolute atomic E-state index is 4.12. The van der Waals surface area contributed by atoms with E-state index in [1.165, 1.54) is 3.57 Å². The van der Waals surface area contributed by atoms with E-state index in [-0.39, 0.29) is 0 Å². The predicted molar refractivity (Wildman–Crippen MR) is 78.5 cm³/mol. The van der Waals surface area contributed by atoms with Crippen LogP contribution in [-0.2, 0) is 0 Å². The van der Waals surface area contributed by atoms with Crippen LogP contribution in [0, 0.1) is 3.57 Å². The summed E-state index contributed by atoms with van der Waals surface area (Å²) < 4.78 is 2.17. The van der Waals surface area contributed by atoms with Crippen LogP contribution in [0.3, 0.4) is 0 Å². The third kappa shape index (κ3) is 4.04. The molecule has 0 radical (unpaired) electrons. The van der Waals surface area contributed by atoms with Crippen LogP contribution in [0.15, 0.2) is 34.5 Å². The lowest BCUT2D eigenvalue weighted by Crippen LogP contribution is -1.93. The molecule has 0 unspecified atom stereocenters. The second kappa shape index (κ2) is 5.79. The van der Waals surface area contributed by atoms with Crippen LogP contribution >= 0.6 is 45.2 Å². The highest BCUT2D eigenvalue weighted by Gasteiger charge is 1.95. The van der Waals surface area contributed by atoms with Crippen molar-refractivity contribution in [3.63, 3.8) is 0 Å². The van der Waals surface area contributed by atoms with E-state index in [9.17, 15) is 0 Å². The van der Waals surface area contributed by atoms with Crippen LogP contribution in [0.5, 0.6) is 0 Å². The minimum atomic E-state index is 0.937. The van der Waals surface area contributed by atoms with Crippen molar-refractivity contribution < 1.29 is 0 Å². The Kier molecular flexibility index (Phi) is 5.00. The summed E-state index contributed by atoms with van der Waals surface area (Å²) in [5.41, 5.74) is 2.06. The smallest absolute Gasteiger partial charge is 0.0979 e. The molecule has 0 atom stereocenters. The van der Waals surface area contributed by atoms with E-state index >= 15 is 0 Å². The average Bonchev–Trinajstić information content (AvgIpc) is 2.15. The van der Waals surface area contributed by atoms with E-state index in [1.54, 1.807) is 0 Å². The first kappa shape index (κ1) is 12.1. The number of rotatable bonds is 2. The molecule has 0 N–H and O–H groups in total. The molecular formula is C10H10I2N2. The first-order chi connectivity index (χ1) is 6.59.